The summed E-state index contributed by atoms with van der Waals surface area (Å²) in [4.78, 5) is 13.3. The highest BCUT2D eigenvalue weighted by atomic mass is 16.5. The average molecular weight is 370 g/mol. The van der Waals surface area contributed by atoms with Crippen LogP contribution in [-0.2, 0) is 6.42 Å². The first-order valence-corrected chi connectivity index (χ1v) is 8.46. The van der Waals surface area contributed by atoms with E-state index in [4.69, 9.17) is 18.6 Å². The van der Waals surface area contributed by atoms with Crippen LogP contribution < -0.4 is 19.6 Å². The number of phenols is 1. The van der Waals surface area contributed by atoms with Crippen molar-refractivity contribution in [1.82, 2.24) is 0 Å². The Labute approximate surface area is 156 Å². The SMILES string of the molecule is COc1cc(O)c2c(=O)c3c(CC=C(C)C)c(OC)c(OC)cc3oc2c1. The van der Waals surface area contributed by atoms with E-state index in [2.05, 4.69) is 0 Å². The van der Waals surface area contributed by atoms with Gasteiger partial charge in [-0.05, 0) is 20.3 Å². The van der Waals surface area contributed by atoms with Crippen molar-refractivity contribution < 1.29 is 23.7 Å². The van der Waals surface area contributed by atoms with Gasteiger partial charge in [-0.2, -0.15) is 0 Å². The summed E-state index contributed by atoms with van der Waals surface area (Å²) in [5.41, 5.74) is 2.02. The van der Waals surface area contributed by atoms with Crippen LogP contribution in [0.3, 0.4) is 0 Å². The Bertz CT molecular complexity index is 1100. The third-order valence-corrected chi connectivity index (χ3v) is 4.41. The van der Waals surface area contributed by atoms with E-state index in [0.717, 1.165) is 5.57 Å². The van der Waals surface area contributed by atoms with E-state index in [-0.39, 0.29) is 22.1 Å². The Kier molecular flexibility index (Phi) is 4.99. The standard InChI is InChI=1S/C21H22O6/c1-11(2)6-7-13-18-16(10-17(25-4)21(13)26-5)27-15-9-12(24-3)8-14(22)19(15)20(18)23/h6,8-10,22H,7H2,1-5H3. The largest absolute Gasteiger partial charge is 0.507 e. The van der Waals surface area contributed by atoms with Gasteiger partial charge in [-0.15, -0.1) is 0 Å². The molecule has 142 valence electrons. The molecule has 1 aromatic heterocycles. The number of methoxy groups -OCH3 is 3. The Morgan fingerprint density at radius 3 is 2.33 bits per heavy atom. The van der Waals surface area contributed by atoms with Crippen molar-refractivity contribution >= 4 is 21.9 Å². The quantitative estimate of drug-likeness (QED) is 0.536. The minimum Gasteiger partial charge on any atom is -0.507 e. The van der Waals surface area contributed by atoms with Crippen LogP contribution in [0.2, 0.25) is 0 Å². The molecule has 6 heteroatoms. The van der Waals surface area contributed by atoms with Gasteiger partial charge in [0, 0.05) is 23.8 Å². The molecule has 27 heavy (non-hydrogen) atoms. The van der Waals surface area contributed by atoms with E-state index in [1.807, 2.05) is 19.9 Å². The predicted molar refractivity (Wildman–Crippen MR) is 104 cm³/mol. The lowest BCUT2D eigenvalue weighted by molar-refractivity contribution is 0.352. The maximum absolute atomic E-state index is 13.3. The van der Waals surface area contributed by atoms with Gasteiger partial charge in [0.25, 0.3) is 0 Å². The normalized spacial score (nSPS) is 10.9. The van der Waals surface area contributed by atoms with Crippen LogP contribution in [0.15, 0.2) is 39.1 Å². The summed E-state index contributed by atoms with van der Waals surface area (Å²) in [7, 11) is 4.54. The molecule has 0 amide bonds. The number of aromatic hydroxyl groups is 1. The van der Waals surface area contributed by atoms with Crippen molar-refractivity contribution in [3.05, 3.63) is 45.6 Å². The lowest BCUT2D eigenvalue weighted by atomic mass is 10.0. The first-order chi connectivity index (χ1) is 12.9. The Balaban J connectivity index is 2.50. The smallest absolute Gasteiger partial charge is 0.204 e. The summed E-state index contributed by atoms with van der Waals surface area (Å²) < 4.78 is 22.0. The van der Waals surface area contributed by atoms with Gasteiger partial charge in [0.1, 0.15) is 28.1 Å². The first kappa shape index (κ1) is 18.6. The van der Waals surface area contributed by atoms with Crippen LogP contribution >= 0.6 is 0 Å². The van der Waals surface area contributed by atoms with Crippen LogP contribution in [0.25, 0.3) is 21.9 Å². The second kappa shape index (κ2) is 7.23. The maximum Gasteiger partial charge on any atom is 0.204 e. The molecule has 0 spiro atoms. The summed E-state index contributed by atoms with van der Waals surface area (Å²) in [5, 5.41) is 10.8. The Hall–Kier alpha value is -3.15. The zero-order valence-corrected chi connectivity index (χ0v) is 16.0. The van der Waals surface area contributed by atoms with Crippen molar-refractivity contribution in [3.8, 4) is 23.0 Å². The molecule has 1 N–H and O–H groups in total. The minimum atomic E-state index is -0.329. The molecular weight excluding hydrogens is 348 g/mol. The van der Waals surface area contributed by atoms with Crippen LogP contribution in [0, 0.1) is 0 Å². The van der Waals surface area contributed by atoms with Gasteiger partial charge >= 0.3 is 0 Å². The van der Waals surface area contributed by atoms with Gasteiger partial charge in [0.2, 0.25) is 5.43 Å². The van der Waals surface area contributed by atoms with Gasteiger partial charge in [0.15, 0.2) is 11.5 Å². The second-order valence-corrected chi connectivity index (χ2v) is 6.40. The molecule has 6 nitrogen and oxygen atoms in total. The van der Waals surface area contributed by atoms with Crippen LogP contribution in [0.1, 0.15) is 19.4 Å². The molecule has 0 radical (unpaired) electrons. The first-order valence-electron chi connectivity index (χ1n) is 8.46. The number of hydrogen-bond acceptors (Lipinski definition) is 6. The molecular formula is C21H22O6. The highest BCUT2D eigenvalue weighted by Crippen LogP contribution is 2.39. The fourth-order valence-electron chi connectivity index (χ4n) is 3.12. The van der Waals surface area contributed by atoms with Crippen LogP contribution in [0.4, 0.5) is 0 Å². The Morgan fingerprint density at radius 1 is 1.04 bits per heavy atom. The average Bonchev–Trinajstić information content (AvgIpc) is 2.64. The van der Waals surface area contributed by atoms with Crippen molar-refractivity contribution in [3.63, 3.8) is 0 Å². The molecule has 2 aromatic carbocycles. The van der Waals surface area contributed by atoms with Crippen molar-refractivity contribution in [2.45, 2.75) is 20.3 Å². The number of rotatable bonds is 5. The highest BCUT2D eigenvalue weighted by molar-refractivity contribution is 5.97. The molecule has 0 aliphatic carbocycles. The van der Waals surface area contributed by atoms with Gasteiger partial charge in [-0.1, -0.05) is 11.6 Å². The van der Waals surface area contributed by atoms with E-state index in [9.17, 15) is 9.90 Å². The fourth-order valence-corrected chi connectivity index (χ4v) is 3.12. The molecule has 1 heterocycles. The predicted octanol–water partition coefficient (Wildman–Crippen LogP) is 4.19. The molecule has 3 aromatic rings. The molecule has 0 saturated carbocycles. The zero-order valence-electron chi connectivity index (χ0n) is 16.0. The monoisotopic (exact) mass is 370 g/mol. The molecule has 0 atom stereocenters. The fraction of sp³-hybridized carbons (Fsp3) is 0.286. The van der Waals surface area contributed by atoms with Crippen LogP contribution in [-0.4, -0.2) is 26.4 Å². The van der Waals surface area contributed by atoms with Gasteiger partial charge in [0.05, 0.1) is 26.7 Å². The third-order valence-electron chi connectivity index (χ3n) is 4.41. The second-order valence-electron chi connectivity index (χ2n) is 6.40. The topological polar surface area (TPSA) is 78.1 Å². The number of ether oxygens (including phenoxy) is 3. The van der Waals surface area contributed by atoms with Gasteiger partial charge in [-0.25, -0.2) is 0 Å². The number of phenolic OH excluding ortho intramolecular Hbond substituents is 1. The van der Waals surface area contributed by atoms with Gasteiger partial charge in [-0.3, -0.25) is 4.79 Å². The lowest BCUT2D eigenvalue weighted by Gasteiger charge is -2.15. The summed E-state index contributed by atoms with van der Waals surface area (Å²) in [6.07, 6.45) is 2.46. The molecule has 0 unspecified atom stereocenters. The maximum atomic E-state index is 13.3. The molecule has 0 bridgehead atoms. The van der Waals surface area contributed by atoms with Crippen molar-refractivity contribution in [2.75, 3.05) is 21.3 Å². The molecule has 0 saturated heterocycles. The number of fused-ring (bicyclic) bond motifs is 2. The van der Waals surface area contributed by atoms with E-state index in [1.165, 1.54) is 27.4 Å². The molecule has 0 aliphatic heterocycles. The molecule has 3 rings (SSSR count). The zero-order chi connectivity index (χ0) is 19.7. The van der Waals surface area contributed by atoms with Crippen molar-refractivity contribution in [1.29, 1.82) is 0 Å². The highest BCUT2D eigenvalue weighted by Gasteiger charge is 2.21. The summed E-state index contributed by atoms with van der Waals surface area (Å²) in [6, 6.07) is 4.58. The lowest BCUT2D eigenvalue weighted by Crippen LogP contribution is -2.08. The van der Waals surface area contributed by atoms with E-state index in [1.54, 1.807) is 12.1 Å². The van der Waals surface area contributed by atoms with Gasteiger partial charge < -0.3 is 23.7 Å². The molecule has 0 aliphatic rings. The van der Waals surface area contributed by atoms with E-state index >= 15 is 0 Å². The minimum absolute atomic E-state index is 0.106. The Morgan fingerprint density at radius 2 is 1.74 bits per heavy atom. The number of hydrogen-bond donors (Lipinski definition) is 1. The van der Waals surface area contributed by atoms with Crippen molar-refractivity contribution in [2.24, 2.45) is 0 Å². The molecule has 0 fully saturated rings. The van der Waals surface area contributed by atoms with E-state index in [0.29, 0.717) is 40.2 Å². The van der Waals surface area contributed by atoms with Crippen LogP contribution in [0.5, 0.6) is 23.0 Å². The summed E-state index contributed by atoms with van der Waals surface area (Å²) in [6.45, 7) is 3.95. The number of benzene rings is 2. The van der Waals surface area contributed by atoms with E-state index < -0.39 is 0 Å². The number of allylic oxidation sites excluding steroid dienone is 2. The summed E-state index contributed by atoms with van der Waals surface area (Å²) >= 11 is 0. The third kappa shape index (κ3) is 3.18. The summed E-state index contributed by atoms with van der Waals surface area (Å²) in [5.74, 6) is 1.15.